The van der Waals surface area contributed by atoms with Crippen molar-refractivity contribution in [1.29, 1.82) is 0 Å². The first-order chi connectivity index (χ1) is 6.29. The largest absolute Gasteiger partial charge is 0.206 e. The van der Waals surface area contributed by atoms with E-state index in [4.69, 9.17) is 0 Å². The molecule has 2 rings (SSSR count). The van der Waals surface area contributed by atoms with Crippen molar-refractivity contribution in [3.8, 4) is 5.69 Å². The Hall–Kier alpha value is -1.64. The van der Waals surface area contributed by atoms with E-state index in [0.717, 1.165) is 0 Å². The van der Waals surface area contributed by atoms with Crippen molar-refractivity contribution in [3.05, 3.63) is 42.2 Å². The van der Waals surface area contributed by atoms with Gasteiger partial charge in [-0.2, -0.15) is 0 Å². The molecule has 0 saturated carbocycles. The second-order valence-electron chi connectivity index (χ2n) is 3.03. The van der Waals surface area contributed by atoms with Crippen molar-refractivity contribution >= 4 is 0 Å². The van der Waals surface area contributed by atoms with Gasteiger partial charge in [0.1, 0.15) is 0 Å². The first-order valence-corrected chi connectivity index (χ1v) is 4.25. The number of hydrogen-bond acceptors (Lipinski definition) is 1. The Morgan fingerprint density at radius 2 is 2.08 bits per heavy atom. The van der Waals surface area contributed by atoms with Gasteiger partial charge in [0.2, 0.25) is 6.20 Å². The molecule has 1 heterocycles. The highest BCUT2D eigenvalue weighted by atomic mass is 15.5. The van der Waals surface area contributed by atoms with E-state index >= 15 is 0 Å². The second kappa shape index (κ2) is 3.01. The molecule has 0 atom stereocenters. The molecule has 0 radical (unpaired) electrons. The smallest absolute Gasteiger partial charge is 0.125 e. The molecule has 3 nitrogen and oxygen atoms in total. The number of rotatable bonds is 1. The van der Waals surface area contributed by atoms with Gasteiger partial charge in [-0.1, -0.05) is 18.2 Å². The molecule has 66 valence electrons. The molecular weight excluding hydrogens is 162 g/mol. The molecule has 0 saturated heterocycles. The van der Waals surface area contributed by atoms with Gasteiger partial charge in [-0.15, -0.1) is 4.68 Å². The van der Waals surface area contributed by atoms with E-state index in [1.807, 2.05) is 34.9 Å². The Morgan fingerprint density at radius 3 is 2.69 bits per heavy atom. The summed E-state index contributed by atoms with van der Waals surface area (Å²) >= 11 is 0. The van der Waals surface area contributed by atoms with Gasteiger partial charge >= 0.3 is 0 Å². The van der Waals surface area contributed by atoms with Gasteiger partial charge in [0, 0.05) is 5.10 Å². The summed E-state index contributed by atoms with van der Waals surface area (Å²) < 4.78 is 2.01. The van der Waals surface area contributed by atoms with Crippen LogP contribution in [-0.2, 0) is 7.05 Å². The molecular formula is C10H12N3+. The lowest BCUT2D eigenvalue weighted by Gasteiger charge is -2.00. The molecule has 0 fully saturated rings. The Labute approximate surface area is 77.2 Å². The van der Waals surface area contributed by atoms with Crippen LogP contribution < -0.4 is 4.68 Å². The number of para-hydroxylation sites is 1. The fraction of sp³-hybridized carbons (Fsp3) is 0.200. The predicted octanol–water partition coefficient (Wildman–Crippen LogP) is 1.01. The van der Waals surface area contributed by atoms with Crippen LogP contribution in [0.1, 0.15) is 5.56 Å². The molecule has 2 aromatic rings. The van der Waals surface area contributed by atoms with Gasteiger partial charge in [0.25, 0.3) is 0 Å². The Morgan fingerprint density at radius 1 is 1.31 bits per heavy atom. The number of aromatic nitrogens is 3. The van der Waals surface area contributed by atoms with Crippen LogP contribution in [0, 0.1) is 6.92 Å². The van der Waals surface area contributed by atoms with Crippen molar-refractivity contribution < 1.29 is 4.68 Å². The highest BCUT2D eigenvalue weighted by Gasteiger charge is 2.08. The number of aryl methyl sites for hydroxylation is 2. The molecule has 0 aliphatic carbocycles. The third-order valence-electron chi connectivity index (χ3n) is 2.12. The summed E-state index contributed by atoms with van der Waals surface area (Å²) in [5.74, 6) is 0. The maximum atomic E-state index is 4.11. The molecule has 0 spiro atoms. The summed E-state index contributed by atoms with van der Waals surface area (Å²) in [6, 6.07) is 8.24. The quantitative estimate of drug-likeness (QED) is 0.591. The maximum absolute atomic E-state index is 4.11. The second-order valence-corrected chi connectivity index (χ2v) is 3.03. The van der Waals surface area contributed by atoms with E-state index in [1.54, 1.807) is 6.20 Å². The van der Waals surface area contributed by atoms with E-state index in [1.165, 1.54) is 11.3 Å². The van der Waals surface area contributed by atoms with E-state index in [2.05, 4.69) is 24.2 Å². The van der Waals surface area contributed by atoms with E-state index in [9.17, 15) is 0 Å². The van der Waals surface area contributed by atoms with Crippen molar-refractivity contribution in [3.63, 3.8) is 0 Å². The van der Waals surface area contributed by atoms with Crippen LogP contribution in [0.5, 0.6) is 0 Å². The summed E-state index contributed by atoms with van der Waals surface area (Å²) in [6.45, 7) is 2.09. The van der Waals surface area contributed by atoms with Gasteiger partial charge in [-0.05, 0) is 23.4 Å². The molecule has 1 aromatic heterocycles. The molecule has 0 bridgehead atoms. The normalized spacial score (nSPS) is 10.3. The van der Waals surface area contributed by atoms with E-state index in [-0.39, 0.29) is 0 Å². The average molecular weight is 174 g/mol. The molecule has 0 aliphatic heterocycles. The minimum absolute atomic E-state index is 1.17. The average Bonchev–Trinajstić information content (AvgIpc) is 2.52. The first kappa shape index (κ1) is 7.98. The molecule has 0 unspecified atom stereocenters. The third-order valence-corrected chi connectivity index (χ3v) is 2.12. The zero-order valence-electron chi connectivity index (χ0n) is 7.81. The lowest BCUT2D eigenvalue weighted by molar-refractivity contribution is -0.688. The zero-order chi connectivity index (χ0) is 9.26. The molecule has 0 N–H and O–H groups in total. The maximum Gasteiger partial charge on any atom is 0.206 e. The summed E-state index contributed by atoms with van der Waals surface area (Å²) in [5, 5.41) is 4.11. The van der Waals surface area contributed by atoms with Gasteiger partial charge in [0.15, 0.2) is 11.9 Å². The lowest BCUT2D eigenvalue weighted by atomic mass is 10.2. The number of hydrogen-bond donors (Lipinski definition) is 0. The topological polar surface area (TPSA) is 21.7 Å². The monoisotopic (exact) mass is 174 g/mol. The van der Waals surface area contributed by atoms with Crippen LogP contribution in [0.3, 0.4) is 0 Å². The lowest BCUT2D eigenvalue weighted by Crippen LogP contribution is -2.39. The first-order valence-electron chi connectivity index (χ1n) is 4.25. The van der Waals surface area contributed by atoms with Crippen molar-refractivity contribution in [2.75, 3.05) is 0 Å². The number of nitrogens with zero attached hydrogens (tertiary/aromatic N) is 3. The molecule has 0 amide bonds. The summed E-state index contributed by atoms with van der Waals surface area (Å²) in [7, 11) is 1.92. The number of benzene rings is 1. The highest BCUT2D eigenvalue weighted by Crippen LogP contribution is 2.04. The Balaban J connectivity index is 2.59. The summed E-state index contributed by atoms with van der Waals surface area (Å²) in [5.41, 5.74) is 2.42. The minimum atomic E-state index is 1.17. The Bertz CT molecular complexity index is 418. The van der Waals surface area contributed by atoms with E-state index in [0.29, 0.717) is 0 Å². The molecule has 0 aliphatic rings. The molecule has 13 heavy (non-hydrogen) atoms. The van der Waals surface area contributed by atoms with E-state index < -0.39 is 0 Å². The molecule has 3 heteroatoms. The fourth-order valence-corrected chi connectivity index (χ4v) is 1.40. The van der Waals surface area contributed by atoms with Gasteiger partial charge in [-0.3, -0.25) is 0 Å². The fourth-order valence-electron chi connectivity index (χ4n) is 1.40. The van der Waals surface area contributed by atoms with Crippen molar-refractivity contribution in [2.45, 2.75) is 6.92 Å². The van der Waals surface area contributed by atoms with Gasteiger partial charge in [0.05, 0.1) is 7.05 Å². The van der Waals surface area contributed by atoms with Crippen LogP contribution in [0.25, 0.3) is 5.69 Å². The van der Waals surface area contributed by atoms with Crippen LogP contribution in [-0.4, -0.2) is 9.90 Å². The van der Waals surface area contributed by atoms with Crippen LogP contribution in [0.4, 0.5) is 0 Å². The van der Waals surface area contributed by atoms with Gasteiger partial charge < -0.3 is 0 Å². The van der Waals surface area contributed by atoms with Crippen LogP contribution in [0.2, 0.25) is 0 Å². The van der Waals surface area contributed by atoms with Crippen molar-refractivity contribution in [1.82, 2.24) is 9.90 Å². The predicted molar refractivity (Wildman–Crippen MR) is 49.5 cm³/mol. The van der Waals surface area contributed by atoms with Crippen LogP contribution in [0.15, 0.2) is 36.7 Å². The summed E-state index contributed by atoms with van der Waals surface area (Å²) in [6.07, 6.45) is 3.73. The Kier molecular flexibility index (Phi) is 1.85. The van der Waals surface area contributed by atoms with Gasteiger partial charge in [-0.25, -0.2) is 0 Å². The third kappa shape index (κ3) is 1.33. The minimum Gasteiger partial charge on any atom is -0.125 e. The zero-order valence-corrected chi connectivity index (χ0v) is 7.81. The summed E-state index contributed by atoms with van der Waals surface area (Å²) in [4.78, 5) is 1.81. The highest BCUT2D eigenvalue weighted by molar-refractivity contribution is 5.31. The standard InChI is InChI=1S/C10H12N3/c1-9-5-3-4-6-10(9)13-8-7-11-12(13)2/h3-8H,1-2H3/q+1. The molecule has 1 aromatic carbocycles. The van der Waals surface area contributed by atoms with Crippen LogP contribution >= 0.6 is 0 Å². The SMILES string of the molecule is Cc1ccccc1-[n+]1ccnn1C. The van der Waals surface area contributed by atoms with Crippen molar-refractivity contribution in [2.24, 2.45) is 7.05 Å².